The number of anilines is 1. The number of carbonyl (C=O) groups excluding carboxylic acids is 2. The van der Waals surface area contributed by atoms with Crippen LogP contribution in [0, 0.1) is 11.3 Å². The maximum atomic E-state index is 12.6. The highest BCUT2D eigenvalue weighted by atomic mass is 32.2. The van der Waals surface area contributed by atoms with Crippen LogP contribution in [0.4, 0.5) is 5.69 Å². The third-order valence-corrected chi connectivity index (χ3v) is 5.04. The molecule has 0 aliphatic rings. The van der Waals surface area contributed by atoms with Crippen molar-refractivity contribution >= 4 is 27.6 Å². The van der Waals surface area contributed by atoms with Gasteiger partial charge in [0, 0.05) is 6.54 Å². The topological polar surface area (TPSA) is 135 Å². The van der Waals surface area contributed by atoms with Gasteiger partial charge in [-0.05, 0) is 36.4 Å². The fourth-order valence-corrected chi connectivity index (χ4v) is 3.31. The molecule has 0 radical (unpaired) electrons. The van der Waals surface area contributed by atoms with Crippen molar-refractivity contribution in [1.29, 1.82) is 5.26 Å². The smallest absolute Gasteiger partial charge is 0.340 e. The average molecular weight is 417 g/mol. The van der Waals surface area contributed by atoms with E-state index in [1.165, 1.54) is 49.6 Å². The number of sulfonamides is 1. The molecule has 0 aliphatic carbocycles. The summed E-state index contributed by atoms with van der Waals surface area (Å²) >= 11 is 0. The van der Waals surface area contributed by atoms with Crippen molar-refractivity contribution in [3.05, 3.63) is 54.1 Å². The Morgan fingerprint density at radius 3 is 2.45 bits per heavy atom. The molecular weight excluding hydrogens is 398 g/mol. The van der Waals surface area contributed by atoms with Crippen LogP contribution < -0.4 is 14.8 Å². The van der Waals surface area contributed by atoms with E-state index in [-0.39, 0.29) is 29.1 Å². The normalized spacial score (nSPS) is 10.5. The number of rotatable bonds is 9. The maximum absolute atomic E-state index is 12.6. The second-order valence-electron chi connectivity index (χ2n) is 5.66. The van der Waals surface area contributed by atoms with E-state index in [2.05, 4.69) is 10.0 Å². The molecule has 2 aromatic rings. The van der Waals surface area contributed by atoms with Crippen LogP contribution in [0.2, 0.25) is 0 Å². The Kier molecular flexibility index (Phi) is 7.56. The largest absolute Gasteiger partial charge is 0.497 e. The van der Waals surface area contributed by atoms with Crippen molar-refractivity contribution < 1.29 is 27.5 Å². The summed E-state index contributed by atoms with van der Waals surface area (Å²) in [6, 6.07) is 13.5. The summed E-state index contributed by atoms with van der Waals surface area (Å²) in [7, 11) is -2.50. The van der Waals surface area contributed by atoms with Gasteiger partial charge >= 0.3 is 5.97 Å². The molecule has 0 unspecified atom stereocenters. The Morgan fingerprint density at radius 1 is 1.10 bits per heavy atom. The summed E-state index contributed by atoms with van der Waals surface area (Å²) in [5, 5.41) is 10.8. The Labute approximate surface area is 168 Å². The summed E-state index contributed by atoms with van der Waals surface area (Å²) in [6.45, 7) is -0.408. The van der Waals surface area contributed by atoms with Crippen LogP contribution in [0.15, 0.2) is 53.4 Å². The van der Waals surface area contributed by atoms with E-state index in [0.717, 1.165) is 0 Å². The number of hydrogen-bond acceptors (Lipinski definition) is 7. The zero-order valence-electron chi connectivity index (χ0n) is 15.5. The number of hydrogen-bond donors (Lipinski definition) is 2. The van der Waals surface area contributed by atoms with Crippen molar-refractivity contribution in [2.75, 3.05) is 25.0 Å². The number of amides is 1. The second-order valence-corrected chi connectivity index (χ2v) is 7.34. The molecule has 10 heteroatoms. The van der Waals surface area contributed by atoms with Crippen LogP contribution in [-0.2, 0) is 19.6 Å². The van der Waals surface area contributed by atoms with Crippen molar-refractivity contribution in [3.63, 3.8) is 0 Å². The van der Waals surface area contributed by atoms with Crippen LogP contribution in [0.25, 0.3) is 0 Å². The predicted octanol–water partition coefficient (Wildman–Crippen LogP) is 1.68. The molecule has 9 nitrogen and oxygen atoms in total. The van der Waals surface area contributed by atoms with Gasteiger partial charge in [0.2, 0.25) is 0 Å². The van der Waals surface area contributed by atoms with Crippen molar-refractivity contribution in [3.8, 4) is 11.8 Å². The van der Waals surface area contributed by atoms with Crippen molar-refractivity contribution in [2.45, 2.75) is 11.3 Å². The number of methoxy groups -OCH3 is 1. The van der Waals surface area contributed by atoms with Gasteiger partial charge in [-0.25, -0.2) is 13.2 Å². The number of nitrogens with zero attached hydrogens (tertiary/aromatic N) is 1. The predicted molar refractivity (Wildman–Crippen MR) is 104 cm³/mol. The van der Waals surface area contributed by atoms with Crippen LogP contribution >= 0.6 is 0 Å². The Balaban J connectivity index is 2.10. The lowest BCUT2D eigenvalue weighted by Crippen LogP contribution is -2.29. The lowest BCUT2D eigenvalue weighted by atomic mass is 10.2. The Hall–Kier alpha value is -3.58. The summed E-state index contributed by atoms with van der Waals surface area (Å²) in [4.78, 5) is 23.9. The van der Waals surface area contributed by atoms with E-state index in [1.807, 2.05) is 6.07 Å². The summed E-state index contributed by atoms with van der Waals surface area (Å²) in [5.74, 6) is -0.931. The van der Waals surface area contributed by atoms with Gasteiger partial charge in [0.15, 0.2) is 6.61 Å². The molecule has 2 N–H and O–H groups in total. The summed E-state index contributed by atoms with van der Waals surface area (Å²) < 4.78 is 37.5. The first-order valence-electron chi connectivity index (χ1n) is 8.44. The molecule has 0 saturated carbocycles. The molecule has 152 valence electrons. The van der Waals surface area contributed by atoms with Gasteiger partial charge in [0.1, 0.15) is 5.75 Å². The quantitative estimate of drug-likeness (QED) is 0.468. The lowest BCUT2D eigenvalue weighted by Gasteiger charge is -2.12. The van der Waals surface area contributed by atoms with Gasteiger partial charge < -0.3 is 14.8 Å². The molecular formula is C19H19N3O6S. The zero-order valence-corrected chi connectivity index (χ0v) is 16.4. The number of nitrogens with one attached hydrogen (secondary N) is 2. The van der Waals surface area contributed by atoms with Crippen molar-refractivity contribution in [1.82, 2.24) is 5.32 Å². The molecule has 0 aromatic heterocycles. The van der Waals surface area contributed by atoms with Gasteiger partial charge in [0.05, 0.1) is 35.7 Å². The zero-order chi connectivity index (χ0) is 21.3. The molecule has 0 aliphatic heterocycles. The van der Waals surface area contributed by atoms with Gasteiger partial charge in [-0.1, -0.05) is 12.1 Å². The molecule has 0 spiro atoms. The van der Waals surface area contributed by atoms with E-state index in [1.54, 1.807) is 6.07 Å². The number of nitriles is 1. The molecule has 29 heavy (non-hydrogen) atoms. The molecule has 0 atom stereocenters. The molecule has 0 fully saturated rings. The molecule has 1 amide bonds. The molecule has 0 heterocycles. The van der Waals surface area contributed by atoms with E-state index < -0.39 is 28.5 Å². The fourth-order valence-electron chi connectivity index (χ4n) is 2.23. The van der Waals surface area contributed by atoms with Crippen LogP contribution in [-0.4, -0.2) is 40.6 Å². The monoisotopic (exact) mass is 417 g/mol. The van der Waals surface area contributed by atoms with Gasteiger partial charge in [0.25, 0.3) is 15.9 Å². The van der Waals surface area contributed by atoms with E-state index in [4.69, 9.17) is 14.7 Å². The second kappa shape index (κ2) is 10.1. The highest BCUT2D eigenvalue weighted by Gasteiger charge is 2.20. The number of para-hydroxylation sites is 1. The third-order valence-electron chi connectivity index (χ3n) is 3.65. The van der Waals surface area contributed by atoms with Gasteiger partial charge in [-0.15, -0.1) is 0 Å². The summed E-state index contributed by atoms with van der Waals surface area (Å²) in [6.07, 6.45) is 0.135. The standard InChI is InChI=1S/C19H19N3O6S/c1-27-14-7-9-15(10-8-14)29(25,26)22-17-6-3-2-5-16(17)19(24)28-13-18(23)21-12-4-11-20/h2-3,5-10,22H,4,12-13H2,1H3,(H,21,23). The van der Waals surface area contributed by atoms with Crippen LogP contribution in [0.5, 0.6) is 5.75 Å². The fraction of sp³-hybridized carbons (Fsp3) is 0.211. The first-order valence-corrected chi connectivity index (χ1v) is 9.92. The van der Waals surface area contributed by atoms with E-state index >= 15 is 0 Å². The van der Waals surface area contributed by atoms with Gasteiger partial charge in [-0.2, -0.15) is 5.26 Å². The Bertz CT molecular complexity index is 1010. The van der Waals surface area contributed by atoms with E-state index in [9.17, 15) is 18.0 Å². The van der Waals surface area contributed by atoms with Crippen LogP contribution in [0.1, 0.15) is 16.8 Å². The third kappa shape index (κ3) is 6.22. The van der Waals surface area contributed by atoms with Crippen molar-refractivity contribution in [2.24, 2.45) is 0 Å². The minimum absolute atomic E-state index is 0.0122. The number of ether oxygens (including phenoxy) is 2. The molecule has 2 rings (SSSR count). The minimum atomic E-state index is -3.96. The number of esters is 1. The van der Waals surface area contributed by atoms with Gasteiger partial charge in [-0.3, -0.25) is 9.52 Å². The maximum Gasteiger partial charge on any atom is 0.340 e. The summed E-state index contributed by atoms with van der Waals surface area (Å²) in [5.41, 5.74) is -0.0346. The Morgan fingerprint density at radius 2 is 1.79 bits per heavy atom. The van der Waals surface area contributed by atoms with Crippen LogP contribution in [0.3, 0.4) is 0 Å². The van der Waals surface area contributed by atoms with E-state index in [0.29, 0.717) is 5.75 Å². The molecule has 0 saturated heterocycles. The minimum Gasteiger partial charge on any atom is -0.497 e. The molecule has 2 aromatic carbocycles. The SMILES string of the molecule is COc1ccc(S(=O)(=O)Nc2ccccc2C(=O)OCC(=O)NCCC#N)cc1. The first-order chi connectivity index (χ1) is 13.9. The highest BCUT2D eigenvalue weighted by Crippen LogP contribution is 2.22. The average Bonchev–Trinajstić information content (AvgIpc) is 2.72. The lowest BCUT2D eigenvalue weighted by molar-refractivity contribution is -0.124. The number of carbonyl (C=O) groups is 2. The number of benzene rings is 2. The first kappa shape index (κ1) is 21.7. The molecule has 0 bridgehead atoms. The highest BCUT2D eigenvalue weighted by molar-refractivity contribution is 7.92.